The summed E-state index contributed by atoms with van der Waals surface area (Å²) in [6.45, 7) is 0.305. The van der Waals surface area contributed by atoms with Gasteiger partial charge in [-0.3, -0.25) is 9.59 Å². The monoisotopic (exact) mass is 357 g/mol. The first-order valence-corrected chi connectivity index (χ1v) is 8.67. The molecule has 26 heavy (non-hydrogen) atoms. The number of hydrogen-bond acceptors (Lipinski definition) is 5. The third kappa shape index (κ3) is 2.85. The molecule has 1 atom stereocenters. The van der Waals surface area contributed by atoms with Crippen LogP contribution in [-0.2, 0) is 9.59 Å². The van der Waals surface area contributed by atoms with Gasteiger partial charge in [-0.25, -0.2) is 0 Å². The summed E-state index contributed by atoms with van der Waals surface area (Å²) in [5, 5.41) is 9.44. The van der Waals surface area contributed by atoms with Crippen molar-refractivity contribution in [2.45, 2.75) is 31.2 Å². The van der Waals surface area contributed by atoms with Crippen molar-refractivity contribution in [2.75, 3.05) is 32.7 Å². The maximum atomic E-state index is 12.8. The van der Waals surface area contributed by atoms with E-state index in [9.17, 15) is 14.9 Å². The summed E-state index contributed by atoms with van der Waals surface area (Å²) in [6.07, 6.45) is 2.50. The van der Waals surface area contributed by atoms with Crippen molar-refractivity contribution in [1.29, 1.82) is 5.26 Å². The average molecular weight is 357 g/mol. The Hall–Kier alpha value is -2.75. The van der Waals surface area contributed by atoms with Crippen LogP contribution in [0.3, 0.4) is 0 Å². The van der Waals surface area contributed by atoms with Gasteiger partial charge in [-0.05, 0) is 31.4 Å². The lowest BCUT2D eigenvalue weighted by Crippen LogP contribution is -2.55. The van der Waals surface area contributed by atoms with E-state index in [1.165, 1.54) is 7.11 Å². The number of methoxy groups -OCH3 is 2. The summed E-state index contributed by atoms with van der Waals surface area (Å²) in [6, 6.07) is 7.52. The lowest BCUT2D eigenvalue weighted by Gasteiger charge is -2.43. The third-order valence-electron chi connectivity index (χ3n) is 5.51. The van der Waals surface area contributed by atoms with Crippen molar-refractivity contribution in [2.24, 2.45) is 5.92 Å². The molecule has 0 N–H and O–H groups in total. The number of nitriles is 1. The topological polar surface area (TPSA) is 82.9 Å². The highest BCUT2D eigenvalue weighted by Gasteiger charge is 2.47. The van der Waals surface area contributed by atoms with Crippen LogP contribution >= 0.6 is 0 Å². The number of carbonyl (C=O) groups excluding carboxylic acids is 2. The lowest BCUT2D eigenvalue weighted by atomic mass is 9.76. The molecule has 1 heterocycles. The predicted octanol–water partition coefficient (Wildman–Crippen LogP) is 1.96. The number of amides is 2. The van der Waals surface area contributed by atoms with Crippen molar-refractivity contribution in [3.8, 4) is 17.6 Å². The van der Waals surface area contributed by atoms with Crippen LogP contribution in [0.2, 0.25) is 0 Å². The van der Waals surface area contributed by atoms with Gasteiger partial charge < -0.3 is 19.3 Å². The molecule has 7 nitrogen and oxygen atoms in total. The smallest absolute Gasteiger partial charge is 0.229 e. The standard InChI is InChI=1S/C19H23N3O4/c1-21(19(12-20)7-4-8-19)18(24)13-9-17(23)22(11-13)14-5-6-15(25-2)16(10-14)26-3/h5-6,10,13H,4,7-9,11H2,1-3H3. The largest absolute Gasteiger partial charge is 0.493 e. The number of benzene rings is 1. The van der Waals surface area contributed by atoms with Crippen LogP contribution < -0.4 is 14.4 Å². The molecular formula is C19H23N3O4. The van der Waals surface area contributed by atoms with Crippen LogP contribution in [-0.4, -0.2) is 50.1 Å². The molecule has 2 amide bonds. The fourth-order valence-electron chi connectivity index (χ4n) is 3.63. The lowest BCUT2D eigenvalue weighted by molar-refractivity contribution is -0.140. The molecule has 1 aliphatic heterocycles. The van der Waals surface area contributed by atoms with E-state index < -0.39 is 11.5 Å². The van der Waals surface area contributed by atoms with Gasteiger partial charge >= 0.3 is 0 Å². The summed E-state index contributed by atoms with van der Waals surface area (Å²) < 4.78 is 10.5. The second-order valence-electron chi connectivity index (χ2n) is 6.84. The first kappa shape index (κ1) is 18.1. The Morgan fingerprint density at radius 2 is 2.00 bits per heavy atom. The summed E-state index contributed by atoms with van der Waals surface area (Å²) >= 11 is 0. The summed E-state index contributed by atoms with van der Waals surface area (Å²) in [5.74, 6) is 0.427. The molecule has 1 aromatic rings. The van der Waals surface area contributed by atoms with Crippen molar-refractivity contribution in [3.05, 3.63) is 18.2 Å². The van der Waals surface area contributed by atoms with Gasteiger partial charge in [0, 0.05) is 31.8 Å². The van der Waals surface area contributed by atoms with Gasteiger partial charge in [0.25, 0.3) is 0 Å². The molecule has 1 unspecified atom stereocenters. The molecule has 1 aliphatic carbocycles. The van der Waals surface area contributed by atoms with Gasteiger partial charge in [0.15, 0.2) is 11.5 Å². The zero-order valence-electron chi connectivity index (χ0n) is 15.3. The van der Waals surface area contributed by atoms with E-state index in [0.29, 0.717) is 36.6 Å². The number of hydrogen-bond donors (Lipinski definition) is 0. The quantitative estimate of drug-likeness (QED) is 0.804. The van der Waals surface area contributed by atoms with Crippen molar-refractivity contribution >= 4 is 17.5 Å². The molecule has 1 aromatic carbocycles. The van der Waals surface area contributed by atoms with Crippen LogP contribution in [0.1, 0.15) is 25.7 Å². The molecule has 3 rings (SSSR count). The van der Waals surface area contributed by atoms with Crippen molar-refractivity contribution in [3.63, 3.8) is 0 Å². The van der Waals surface area contributed by atoms with E-state index in [4.69, 9.17) is 9.47 Å². The Bertz CT molecular complexity index is 767. The Labute approximate surface area is 153 Å². The third-order valence-corrected chi connectivity index (χ3v) is 5.51. The van der Waals surface area contributed by atoms with Crippen LogP contribution in [0.25, 0.3) is 0 Å². The van der Waals surface area contributed by atoms with Crippen LogP contribution in [0.4, 0.5) is 5.69 Å². The molecule has 0 bridgehead atoms. The van der Waals surface area contributed by atoms with Crippen molar-refractivity contribution < 1.29 is 19.1 Å². The van der Waals surface area contributed by atoms with Gasteiger partial charge in [-0.1, -0.05) is 0 Å². The number of carbonyl (C=O) groups is 2. The van der Waals surface area contributed by atoms with Gasteiger partial charge in [0.1, 0.15) is 5.54 Å². The zero-order chi connectivity index (χ0) is 18.9. The normalized spacial score (nSPS) is 20.9. The Morgan fingerprint density at radius 3 is 2.54 bits per heavy atom. The molecule has 138 valence electrons. The number of ether oxygens (including phenoxy) is 2. The fraction of sp³-hybridized carbons (Fsp3) is 0.526. The minimum Gasteiger partial charge on any atom is -0.493 e. The second-order valence-corrected chi connectivity index (χ2v) is 6.84. The first-order valence-electron chi connectivity index (χ1n) is 8.67. The number of nitrogens with zero attached hydrogens (tertiary/aromatic N) is 3. The highest BCUT2D eigenvalue weighted by Crippen LogP contribution is 2.39. The molecule has 0 spiro atoms. The van der Waals surface area contributed by atoms with E-state index in [1.54, 1.807) is 42.2 Å². The van der Waals surface area contributed by atoms with Crippen LogP contribution in [0.15, 0.2) is 18.2 Å². The first-order chi connectivity index (χ1) is 12.5. The summed E-state index contributed by atoms with van der Waals surface area (Å²) in [4.78, 5) is 28.5. The minimum atomic E-state index is -0.698. The predicted molar refractivity (Wildman–Crippen MR) is 95.0 cm³/mol. The fourth-order valence-corrected chi connectivity index (χ4v) is 3.63. The SMILES string of the molecule is COc1ccc(N2CC(C(=O)N(C)C3(C#N)CCC3)CC2=O)cc1OC. The van der Waals surface area contributed by atoms with E-state index in [-0.39, 0.29) is 18.2 Å². The van der Waals surface area contributed by atoms with Gasteiger partial charge in [-0.2, -0.15) is 5.26 Å². The van der Waals surface area contributed by atoms with Crippen LogP contribution in [0.5, 0.6) is 11.5 Å². The zero-order valence-corrected chi connectivity index (χ0v) is 15.3. The molecule has 0 radical (unpaired) electrons. The summed E-state index contributed by atoms with van der Waals surface area (Å²) in [5.41, 5.74) is -0.0269. The Balaban J connectivity index is 1.77. The molecule has 0 aromatic heterocycles. The molecule has 7 heteroatoms. The van der Waals surface area contributed by atoms with E-state index in [1.807, 2.05) is 0 Å². The minimum absolute atomic E-state index is 0.108. The molecule has 2 aliphatic rings. The number of rotatable bonds is 5. The summed E-state index contributed by atoms with van der Waals surface area (Å²) in [7, 11) is 4.76. The van der Waals surface area contributed by atoms with E-state index in [2.05, 4.69) is 6.07 Å². The van der Waals surface area contributed by atoms with Gasteiger partial charge in [0.05, 0.1) is 26.2 Å². The van der Waals surface area contributed by atoms with Gasteiger partial charge in [-0.15, -0.1) is 0 Å². The number of anilines is 1. The second kappa shape index (κ2) is 6.87. The Morgan fingerprint density at radius 1 is 1.31 bits per heavy atom. The van der Waals surface area contributed by atoms with E-state index >= 15 is 0 Å². The van der Waals surface area contributed by atoms with Gasteiger partial charge in [0.2, 0.25) is 11.8 Å². The maximum Gasteiger partial charge on any atom is 0.229 e. The highest BCUT2D eigenvalue weighted by molar-refractivity contribution is 6.00. The molecule has 1 saturated heterocycles. The molecule has 1 saturated carbocycles. The highest BCUT2D eigenvalue weighted by atomic mass is 16.5. The average Bonchev–Trinajstić information content (AvgIpc) is 3.01. The molecular weight excluding hydrogens is 334 g/mol. The Kier molecular flexibility index (Phi) is 4.77. The maximum absolute atomic E-state index is 12.8. The molecule has 2 fully saturated rings. The van der Waals surface area contributed by atoms with Crippen molar-refractivity contribution in [1.82, 2.24) is 4.90 Å². The van der Waals surface area contributed by atoms with E-state index in [0.717, 1.165) is 6.42 Å². The van der Waals surface area contributed by atoms with Crippen LogP contribution in [0, 0.1) is 17.2 Å².